The van der Waals surface area contributed by atoms with Crippen LogP contribution in [-0.4, -0.2) is 41.8 Å². The number of pyridine rings is 1. The number of ether oxygens (including phenoxy) is 1. The highest BCUT2D eigenvalue weighted by Gasteiger charge is 2.14. The van der Waals surface area contributed by atoms with Gasteiger partial charge in [-0.05, 0) is 59.5 Å². The first kappa shape index (κ1) is 24.2. The van der Waals surface area contributed by atoms with Crippen LogP contribution < -0.4 is 15.8 Å². The maximum atomic E-state index is 12.8. The lowest BCUT2D eigenvalue weighted by molar-refractivity contribution is -0.122. The fourth-order valence-corrected chi connectivity index (χ4v) is 3.16. The molecule has 0 spiro atoms. The summed E-state index contributed by atoms with van der Waals surface area (Å²) in [5.74, 6) is 0.721. The Balaban J connectivity index is 1.68. The molecule has 0 fully saturated rings. The van der Waals surface area contributed by atoms with E-state index >= 15 is 0 Å². The molecule has 0 bridgehead atoms. The maximum absolute atomic E-state index is 12.8. The highest BCUT2D eigenvalue weighted by molar-refractivity contribution is 6.24. The van der Waals surface area contributed by atoms with Crippen molar-refractivity contribution in [2.24, 2.45) is 5.73 Å². The summed E-state index contributed by atoms with van der Waals surface area (Å²) in [6.45, 7) is 0. The van der Waals surface area contributed by atoms with Gasteiger partial charge in [-0.2, -0.15) is 0 Å². The van der Waals surface area contributed by atoms with Gasteiger partial charge in [0.25, 0.3) is 5.91 Å². The zero-order valence-electron chi connectivity index (χ0n) is 19.0. The van der Waals surface area contributed by atoms with Crippen LogP contribution in [0.15, 0.2) is 73.1 Å². The van der Waals surface area contributed by atoms with E-state index in [2.05, 4.69) is 4.98 Å². The Morgan fingerprint density at radius 2 is 1.65 bits per heavy atom. The van der Waals surface area contributed by atoms with Crippen LogP contribution in [0.1, 0.15) is 23.1 Å². The van der Waals surface area contributed by atoms with Crippen LogP contribution in [-0.2, 0) is 16.0 Å². The Hall–Kier alpha value is -4.46. The van der Waals surface area contributed by atoms with Gasteiger partial charge in [0.05, 0.1) is 0 Å². The van der Waals surface area contributed by atoms with E-state index in [0.29, 0.717) is 23.5 Å². The molecule has 3 aromatic rings. The van der Waals surface area contributed by atoms with Crippen LogP contribution in [0.4, 0.5) is 4.79 Å². The molecule has 34 heavy (non-hydrogen) atoms. The molecule has 3 N–H and O–H groups in total. The summed E-state index contributed by atoms with van der Waals surface area (Å²) in [6.07, 6.45) is 5.83. The van der Waals surface area contributed by atoms with Crippen molar-refractivity contribution in [2.75, 3.05) is 14.1 Å². The predicted molar refractivity (Wildman–Crippen MR) is 130 cm³/mol. The van der Waals surface area contributed by atoms with Gasteiger partial charge in [0.2, 0.25) is 5.91 Å². The zero-order valence-corrected chi connectivity index (χ0v) is 19.0. The van der Waals surface area contributed by atoms with E-state index in [9.17, 15) is 14.4 Å². The lowest BCUT2D eigenvalue weighted by Crippen LogP contribution is -2.35. The number of rotatable bonds is 8. The van der Waals surface area contributed by atoms with Crippen LogP contribution in [0.5, 0.6) is 11.5 Å². The molecule has 0 atom stereocenters. The van der Waals surface area contributed by atoms with Crippen molar-refractivity contribution in [1.82, 2.24) is 15.2 Å². The van der Waals surface area contributed by atoms with Crippen molar-refractivity contribution in [3.63, 3.8) is 0 Å². The molecule has 3 rings (SSSR count). The second-order valence-electron chi connectivity index (χ2n) is 7.73. The normalized spacial score (nSPS) is 10.9. The summed E-state index contributed by atoms with van der Waals surface area (Å²) in [6, 6.07) is 17.5. The summed E-state index contributed by atoms with van der Waals surface area (Å²) in [7, 11) is 3.43. The van der Waals surface area contributed by atoms with E-state index in [1.54, 1.807) is 50.8 Å². The van der Waals surface area contributed by atoms with E-state index in [1.807, 2.05) is 47.8 Å². The maximum Gasteiger partial charge on any atom is 0.318 e. The minimum Gasteiger partial charge on any atom is -0.457 e. The summed E-state index contributed by atoms with van der Waals surface area (Å²) < 4.78 is 5.91. The number of aromatic nitrogens is 1. The van der Waals surface area contributed by atoms with Gasteiger partial charge in [-0.1, -0.05) is 30.3 Å². The first-order valence-corrected chi connectivity index (χ1v) is 10.6. The van der Waals surface area contributed by atoms with E-state index in [4.69, 9.17) is 10.5 Å². The third kappa shape index (κ3) is 7.03. The number of nitrogens with zero attached hydrogens (tertiary/aromatic N) is 2. The molecule has 4 amide bonds. The topological polar surface area (TPSA) is 115 Å². The highest BCUT2D eigenvalue weighted by atomic mass is 16.5. The van der Waals surface area contributed by atoms with Gasteiger partial charge in [-0.15, -0.1) is 0 Å². The Bertz CT molecular complexity index is 1170. The molecule has 0 saturated heterocycles. The first-order valence-electron chi connectivity index (χ1n) is 10.6. The molecule has 0 aliphatic carbocycles. The number of amides is 4. The number of imide groups is 1. The van der Waals surface area contributed by atoms with Gasteiger partial charge in [-0.25, -0.2) is 4.79 Å². The molecule has 0 saturated carbocycles. The summed E-state index contributed by atoms with van der Waals surface area (Å²) in [4.78, 5) is 40.6. The Labute approximate surface area is 198 Å². The second-order valence-corrected chi connectivity index (χ2v) is 7.73. The van der Waals surface area contributed by atoms with Gasteiger partial charge in [0.1, 0.15) is 11.5 Å². The molecule has 2 aromatic carbocycles. The van der Waals surface area contributed by atoms with Crippen LogP contribution in [0.2, 0.25) is 0 Å². The third-order valence-electron chi connectivity index (χ3n) is 4.86. The lowest BCUT2D eigenvalue weighted by Gasteiger charge is -2.15. The van der Waals surface area contributed by atoms with Crippen LogP contribution in [0.3, 0.4) is 0 Å². The number of likely N-dealkylation sites (N-methyl/N-ethyl adjacent to an activating group) is 1. The Morgan fingerprint density at radius 1 is 1.00 bits per heavy atom. The van der Waals surface area contributed by atoms with E-state index in [-0.39, 0.29) is 12.3 Å². The van der Waals surface area contributed by atoms with Crippen molar-refractivity contribution < 1.29 is 19.1 Å². The van der Waals surface area contributed by atoms with Gasteiger partial charge < -0.3 is 15.4 Å². The van der Waals surface area contributed by atoms with Crippen molar-refractivity contribution in [3.8, 4) is 11.5 Å². The smallest absolute Gasteiger partial charge is 0.318 e. The Kier molecular flexibility index (Phi) is 8.12. The van der Waals surface area contributed by atoms with Gasteiger partial charge in [-0.3, -0.25) is 19.9 Å². The van der Waals surface area contributed by atoms with Gasteiger partial charge in [0, 0.05) is 38.5 Å². The predicted octanol–water partition coefficient (Wildman–Crippen LogP) is 3.63. The average Bonchev–Trinajstić information content (AvgIpc) is 2.82. The quantitative estimate of drug-likeness (QED) is 0.500. The average molecular weight is 459 g/mol. The van der Waals surface area contributed by atoms with E-state index < -0.39 is 11.9 Å². The fraction of sp³-hybridized carbons (Fsp3) is 0.154. The monoisotopic (exact) mass is 458 g/mol. The van der Waals surface area contributed by atoms with Crippen LogP contribution in [0, 0.1) is 0 Å². The molecule has 0 unspecified atom stereocenters. The molecule has 8 heteroatoms. The molecular weight excluding hydrogens is 432 g/mol. The highest BCUT2D eigenvalue weighted by Crippen LogP contribution is 2.26. The van der Waals surface area contributed by atoms with Crippen LogP contribution >= 0.6 is 0 Å². The second kappa shape index (κ2) is 11.4. The molecule has 0 aliphatic heterocycles. The number of hydrogen-bond donors (Lipinski definition) is 2. The van der Waals surface area contributed by atoms with E-state index in [0.717, 1.165) is 16.7 Å². The van der Waals surface area contributed by atoms with Gasteiger partial charge in [0.15, 0.2) is 0 Å². The largest absolute Gasteiger partial charge is 0.457 e. The number of urea groups is 1. The molecule has 8 nitrogen and oxygen atoms in total. The number of aryl methyl sites for hydroxylation is 1. The minimum absolute atomic E-state index is 0.113. The Morgan fingerprint density at radius 3 is 2.21 bits per heavy atom. The number of primary amides is 1. The number of benzene rings is 2. The summed E-state index contributed by atoms with van der Waals surface area (Å²) >= 11 is 0. The van der Waals surface area contributed by atoms with Crippen molar-refractivity contribution in [1.29, 1.82) is 0 Å². The standard InChI is InChI=1S/C26H26N4O4/c1-30(2)25(32)23(16-19-4-3-15-28-17-19)20-8-12-22(13-9-20)34-21-10-5-18(6-11-21)7-14-24(31)29-26(27)33/h3-6,8-13,15-17H,7,14H2,1-2H3,(H3,27,29,31,33)/b23-16-. The van der Waals surface area contributed by atoms with Crippen molar-refractivity contribution in [2.45, 2.75) is 12.8 Å². The lowest BCUT2D eigenvalue weighted by atomic mass is 10.0. The molecular formula is C26H26N4O4. The summed E-state index contributed by atoms with van der Waals surface area (Å²) in [5, 5.41) is 2.04. The third-order valence-corrected chi connectivity index (χ3v) is 4.86. The van der Waals surface area contributed by atoms with Crippen molar-refractivity contribution in [3.05, 3.63) is 89.7 Å². The zero-order chi connectivity index (χ0) is 24.5. The number of hydrogen-bond acceptors (Lipinski definition) is 5. The first-order chi connectivity index (χ1) is 16.3. The SMILES string of the molecule is CN(C)C(=O)/C(=C\c1cccnc1)c1ccc(Oc2ccc(CCC(=O)NC(N)=O)cc2)cc1. The number of carbonyl (C=O) groups excluding carboxylic acids is 3. The van der Waals surface area contributed by atoms with E-state index in [1.165, 1.54) is 4.90 Å². The molecule has 0 radical (unpaired) electrons. The van der Waals surface area contributed by atoms with Crippen molar-refractivity contribution >= 4 is 29.5 Å². The number of carbonyl (C=O) groups is 3. The number of nitrogens with two attached hydrogens (primary N) is 1. The van der Waals surface area contributed by atoms with Crippen LogP contribution in [0.25, 0.3) is 11.6 Å². The molecule has 1 aromatic heterocycles. The molecule has 0 aliphatic rings. The summed E-state index contributed by atoms with van der Waals surface area (Å²) in [5.41, 5.74) is 8.00. The fourth-order valence-electron chi connectivity index (χ4n) is 3.16. The van der Waals surface area contributed by atoms with Gasteiger partial charge >= 0.3 is 6.03 Å². The molecule has 1 heterocycles. The number of nitrogens with one attached hydrogen (secondary N) is 1. The molecule has 174 valence electrons. The minimum atomic E-state index is -0.856.